The van der Waals surface area contributed by atoms with Crippen LogP contribution >= 0.6 is 0 Å². The van der Waals surface area contributed by atoms with Crippen molar-refractivity contribution in [3.05, 3.63) is 35.4 Å². The SMILES string of the molecule is O=C1c2ccccc2C(=O)N1[C@H]1C[C@@H]2COCCN2C1. The van der Waals surface area contributed by atoms with Crippen LogP contribution in [0.5, 0.6) is 0 Å². The summed E-state index contributed by atoms with van der Waals surface area (Å²) >= 11 is 0. The highest BCUT2D eigenvalue weighted by Crippen LogP contribution is 2.31. The van der Waals surface area contributed by atoms with Crippen LogP contribution in [0.4, 0.5) is 0 Å². The number of hydrogen-bond acceptors (Lipinski definition) is 4. The molecule has 2 saturated heterocycles. The van der Waals surface area contributed by atoms with Crippen LogP contribution in [0.15, 0.2) is 24.3 Å². The van der Waals surface area contributed by atoms with Crippen molar-refractivity contribution < 1.29 is 14.3 Å². The molecular formula is C15H16N2O3. The van der Waals surface area contributed by atoms with Crippen molar-refractivity contribution in [1.29, 1.82) is 0 Å². The number of rotatable bonds is 1. The van der Waals surface area contributed by atoms with Gasteiger partial charge in [-0.05, 0) is 18.6 Å². The minimum Gasteiger partial charge on any atom is -0.378 e. The summed E-state index contributed by atoms with van der Waals surface area (Å²) in [5, 5.41) is 0. The highest BCUT2D eigenvalue weighted by molar-refractivity contribution is 6.21. The molecule has 0 spiro atoms. The largest absolute Gasteiger partial charge is 0.378 e. The average molecular weight is 272 g/mol. The van der Waals surface area contributed by atoms with Gasteiger partial charge in [0.15, 0.2) is 0 Å². The number of fused-ring (bicyclic) bond motifs is 2. The third kappa shape index (κ3) is 1.63. The molecule has 3 aliphatic heterocycles. The number of amides is 2. The first kappa shape index (κ1) is 12.1. The second kappa shape index (κ2) is 4.40. The maximum atomic E-state index is 12.5. The van der Waals surface area contributed by atoms with Gasteiger partial charge in [0.05, 0.1) is 30.4 Å². The molecule has 20 heavy (non-hydrogen) atoms. The molecule has 0 unspecified atom stereocenters. The van der Waals surface area contributed by atoms with Gasteiger partial charge in [-0.1, -0.05) is 12.1 Å². The zero-order valence-corrected chi connectivity index (χ0v) is 11.1. The predicted octanol–water partition coefficient (Wildman–Crippen LogP) is 0.756. The number of carbonyl (C=O) groups excluding carboxylic acids is 2. The average Bonchev–Trinajstić information content (AvgIpc) is 3.00. The number of morpholine rings is 1. The molecule has 0 bridgehead atoms. The quantitative estimate of drug-likeness (QED) is 0.708. The van der Waals surface area contributed by atoms with E-state index in [-0.39, 0.29) is 17.9 Å². The monoisotopic (exact) mass is 272 g/mol. The fourth-order valence-electron chi connectivity index (χ4n) is 3.53. The first-order chi connectivity index (χ1) is 9.75. The molecule has 0 saturated carbocycles. The van der Waals surface area contributed by atoms with Gasteiger partial charge in [0, 0.05) is 19.1 Å². The Labute approximate surface area is 117 Å². The lowest BCUT2D eigenvalue weighted by atomic mass is 10.1. The minimum atomic E-state index is -0.142. The van der Waals surface area contributed by atoms with Gasteiger partial charge in [-0.15, -0.1) is 0 Å². The van der Waals surface area contributed by atoms with Gasteiger partial charge >= 0.3 is 0 Å². The fraction of sp³-hybridized carbons (Fsp3) is 0.467. The molecule has 0 N–H and O–H groups in total. The van der Waals surface area contributed by atoms with E-state index in [1.165, 1.54) is 4.90 Å². The van der Waals surface area contributed by atoms with Crippen LogP contribution in [0.25, 0.3) is 0 Å². The van der Waals surface area contributed by atoms with Crippen molar-refractivity contribution in [2.24, 2.45) is 0 Å². The molecule has 3 heterocycles. The summed E-state index contributed by atoms with van der Waals surface area (Å²) in [6, 6.07) is 7.41. The summed E-state index contributed by atoms with van der Waals surface area (Å²) < 4.78 is 5.48. The maximum absolute atomic E-state index is 12.5. The van der Waals surface area contributed by atoms with Gasteiger partial charge in [0.2, 0.25) is 0 Å². The Morgan fingerprint density at radius 2 is 1.75 bits per heavy atom. The topological polar surface area (TPSA) is 49.9 Å². The van der Waals surface area contributed by atoms with Crippen LogP contribution < -0.4 is 0 Å². The number of nitrogens with zero attached hydrogens (tertiary/aromatic N) is 2. The third-order valence-corrected chi connectivity index (χ3v) is 4.53. The van der Waals surface area contributed by atoms with Gasteiger partial charge < -0.3 is 4.74 Å². The zero-order valence-electron chi connectivity index (χ0n) is 11.1. The summed E-state index contributed by atoms with van der Waals surface area (Å²) in [7, 11) is 0. The number of ether oxygens (including phenoxy) is 1. The molecule has 1 aromatic carbocycles. The van der Waals surface area contributed by atoms with Gasteiger partial charge in [-0.2, -0.15) is 0 Å². The highest BCUT2D eigenvalue weighted by Gasteiger charge is 2.45. The zero-order chi connectivity index (χ0) is 13.7. The van der Waals surface area contributed by atoms with Crippen LogP contribution in [-0.4, -0.2) is 60.0 Å². The third-order valence-electron chi connectivity index (χ3n) is 4.53. The maximum Gasteiger partial charge on any atom is 0.261 e. The number of benzene rings is 1. The van der Waals surface area contributed by atoms with Crippen LogP contribution in [0.3, 0.4) is 0 Å². The van der Waals surface area contributed by atoms with Crippen molar-refractivity contribution in [3.63, 3.8) is 0 Å². The summed E-state index contributed by atoms with van der Waals surface area (Å²) in [5.74, 6) is -0.285. The van der Waals surface area contributed by atoms with Crippen molar-refractivity contribution in [3.8, 4) is 0 Å². The van der Waals surface area contributed by atoms with Crippen LogP contribution in [-0.2, 0) is 4.74 Å². The molecule has 4 rings (SSSR count). The van der Waals surface area contributed by atoms with Crippen molar-refractivity contribution in [2.45, 2.75) is 18.5 Å². The fourth-order valence-corrected chi connectivity index (χ4v) is 3.53. The normalized spacial score (nSPS) is 29.7. The summed E-state index contributed by atoms with van der Waals surface area (Å²) in [6.45, 7) is 3.12. The Morgan fingerprint density at radius 1 is 1.05 bits per heavy atom. The lowest BCUT2D eigenvalue weighted by molar-refractivity contribution is 0.0127. The lowest BCUT2D eigenvalue weighted by Gasteiger charge is -2.28. The Hall–Kier alpha value is -1.72. The van der Waals surface area contributed by atoms with E-state index >= 15 is 0 Å². The minimum absolute atomic E-state index is 0.0194. The molecule has 2 atom stereocenters. The van der Waals surface area contributed by atoms with E-state index in [9.17, 15) is 9.59 Å². The van der Waals surface area contributed by atoms with Gasteiger partial charge in [0.25, 0.3) is 11.8 Å². The van der Waals surface area contributed by atoms with Gasteiger partial charge in [-0.3, -0.25) is 19.4 Å². The summed E-state index contributed by atoms with van der Waals surface area (Å²) in [4.78, 5) is 28.7. The van der Waals surface area contributed by atoms with E-state index in [0.717, 1.165) is 26.1 Å². The van der Waals surface area contributed by atoms with E-state index in [2.05, 4.69) is 4.90 Å². The predicted molar refractivity (Wildman–Crippen MR) is 71.5 cm³/mol. The second-order valence-electron chi connectivity index (χ2n) is 5.64. The van der Waals surface area contributed by atoms with Crippen molar-refractivity contribution >= 4 is 11.8 Å². The van der Waals surface area contributed by atoms with E-state index < -0.39 is 0 Å². The van der Waals surface area contributed by atoms with Crippen LogP contribution in [0, 0.1) is 0 Å². The molecule has 0 aliphatic carbocycles. The van der Waals surface area contributed by atoms with E-state index in [1.54, 1.807) is 24.3 Å². The number of imide groups is 1. The summed E-state index contributed by atoms with van der Waals surface area (Å²) in [5.41, 5.74) is 1.08. The molecule has 5 nitrogen and oxygen atoms in total. The van der Waals surface area contributed by atoms with Gasteiger partial charge in [-0.25, -0.2) is 0 Å². The number of hydrogen-bond donors (Lipinski definition) is 0. The van der Waals surface area contributed by atoms with E-state index in [4.69, 9.17) is 4.74 Å². The first-order valence-electron chi connectivity index (χ1n) is 7.04. The molecule has 2 amide bonds. The number of carbonyl (C=O) groups is 2. The molecule has 1 aromatic rings. The standard InChI is InChI=1S/C15H16N2O3/c18-14-12-3-1-2-4-13(12)15(19)17(14)10-7-11-9-20-6-5-16(11)8-10/h1-4,10-11H,5-9H2/t10-,11+/m0/s1. The van der Waals surface area contributed by atoms with E-state index in [0.29, 0.717) is 23.8 Å². The smallest absolute Gasteiger partial charge is 0.261 e. The van der Waals surface area contributed by atoms with Crippen molar-refractivity contribution in [2.75, 3.05) is 26.3 Å². The Balaban J connectivity index is 1.62. The van der Waals surface area contributed by atoms with Gasteiger partial charge in [0.1, 0.15) is 0 Å². The first-order valence-corrected chi connectivity index (χ1v) is 7.04. The second-order valence-corrected chi connectivity index (χ2v) is 5.64. The lowest BCUT2D eigenvalue weighted by Crippen LogP contribution is -2.43. The molecule has 5 heteroatoms. The molecule has 0 aromatic heterocycles. The van der Waals surface area contributed by atoms with Crippen LogP contribution in [0.2, 0.25) is 0 Å². The Bertz CT molecular complexity index is 537. The highest BCUT2D eigenvalue weighted by atomic mass is 16.5. The van der Waals surface area contributed by atoms with Crippen LogP contribution in [0.1, 0.15) is 27.1 Å². The molecule has 3 aliphatic rings. The molecule has 104 valence electrons. The Morgan fingerprint density at radius 3 is 2.40 bits per heavy atom. The van der Waals surface area contributed by atoms with E-state index in [1.807, 2.05) is 0 Å². The Kier molecular flexibility index (Phi) is 2.65. The molecular weight excluding hydrogens is 256 g/mol. The molecule has 0 radical (unpaired) electrons. The van der Waals surface area contributed by atoms with Crippen molar-refractivity contribution in [1.82, 2.24) is 9.80 Å². The summed E-state index contributed by atoms with van der Waals surface area (Å²) in [6.07, 6.45) is 0.825. The molecule has 2 fully saturated rings.